The Morgan fingerprint density at radius 1 is 0.769 bits per heavy atom. The molecule has 1 amide bonds. The molecular weight excluding hydrogens is 342 g/mol. The van der Waals surface area contributed by atoms with Crippen molar-refractivity contribution in [2.45, 2.75) is 4.90 Å². The van der Waals surface area contributed by atoms with Gasteiger partial charge in [0.1, 0.15) is 5.75 Å². The zero-order valence-electron chi connectivity index (χ0n) is 14.0. The molecule has 0 saturated heterocycles. The fraction of sp³-hybridized carbons (Fsp3) is 0.0455. The van der Waals surface area contributed by atoms with Gasteiger partial charge in [-0.1, -0.05) is 60.7 Å². The van der Waals surface area contributed by atoms with E-state index in [-0.39, 0.29) is 12.5 Å². The first-order valence-corrected chi connectivity index (χ1v) is 9.16. The van der Waals surface area contributed by atoms with Crippen molar-refractivity contribution in [3.8, 4) is 5.75 Å². The third kappa shape index (κ3) is 3.81. The van der Waals surface area contributed by atoms with Crippen molar-refractivity contribution in [3.05, 3.63) is 84.9 Å². The molecule has 0 heterocycles. The largest absolute Gasteiger partial charge is 0.484 e. The van der Waals surface area contributed by atoms with Gasteiger partial charge in [0.2, 0.25) is 0 Å². The molecule has 4 heteroatoms. The Balaban J connectivity index is 1.34. The van der Waals surface area contributed by atoms with E-state index in [1.807, 2.05) is 60.7 Å². The van der Waals surface area contributed by atoms with Crippen LogP contribution in [-0.4, -0.2) is 12.5 Å². The van der Waals surface area contributed by atoms with Gasteiger partial charge in [0.05, 0.1) is 0 Å². The van der Waals surface area contributed by atoms with Crippen LogP contribution in [0.1, 0.15) is 0 Å². The first-order valence-electron chi connectivity index (χ1n) is 8.34. The summed E-state index contributed by atoms with van der Waals surface area (Å²) < 4.78 is 8.43. The van der Waals surface area contributed by atoms with E-state index in [4.69, 9.17) is 4.74 Å². The molecule has 0 aliphatic rings. The van der Waals surface area contributed by atoms with Crippen LogP contribution in [0.25, 0.3) is 21.5 Å². The van der Waals surface area contributed by atoms with E-state index in [0.29, 0.717) is 5.75 Å². The average Bonchev–Trinajstić information content (AvgIpc) is 2.70. The van der Waals surface area contributed by atoms with Gasteiger partial charge < -0.3 is 4.74 Å². The molecule has 0 bridgehead atoms. The number of carbonyl (C=O) groups is 1. The summed E-state index contributed by atoms with van der Waals surface area (Å²) in [5.74, 6) is 0.519. The Bertz CT molecular complexity index is 992. The second-order valence-electron chi connectivity index (χ2n) is 5.93. The molecule has 0 fully saturated rings. The third-order valence-corrected chi connectivity index (χ3v) is 4.91. The van der Waals surface area contributed by atoms with Crippen molar-refractivity contribution in [1.29, 1.82) is 0 Å². The van der Waals surface area contributed by atoms with Gasteiger partial charge in [-0.15, -0.1) is 0 Å². The fourth-order valence-corrected chi connectivity index (χ4v) is 3.39. The monoisotopic (exact) mass is 359 g/mol. The van der Waals surface area contributed by atoms with Crippen molar-refractivity contribution in [2.75, 3.05) is 6.61 Å². The highest BCUT2D eigenvalue weighted by Crippen LogP contribution is 2.22. The molecule has 0 aliphatic heterocycles. The Morgan fingerprint density at radius 2 is 1.38 bits per heavy atom. The van der Waals surface area contributed by atoms with Crippen molar-refractivity contribution in [2.24, 2.45) is 0 Å². The van der Waals surface area contributed by atoms with Gasteiger partial charge in [-0.2, -0.15) is 0 Å². The lowest BCUT2D eigenvalue weighted by Gasteiger charge is -2.08. The summed E-state index contributed by atoms with van der Waals surface area (Å²) in [6.45, 7) is -0.0150. The van der Waals surface area contributed by atoms with E-state index in [1.54, 1.807) is 0 Å². The number of amides is 1. The van der Waals surface area contributed by atoms with E-state index < -0.39 is 0 Å². The van der Waals surface area contributed by atoms with Gasteiger partial charge in [0, 0.05) is 4.90 Å². The number of hydrogen-bond acceptors (Lipinski definition) is 3. The van der Waals surface area contributed by atoms with Crippen LogP contribution in [0, 0.1) is 0 Å². The molecular formula is C22H17NO2S. The Labute approximate surface area is 156 Å². The minimum atomic E-state index is -0.170. The summed E-state index contributed by atoms with van der Waals surface area (Å²) in [7, 11) is 0. The second kappa shape index (κ2) is 7.50. The van der Waals surface area contributed by atoms with Crippen LogP contribution in [-0.2, 0) is 4.79 Å². The van der Waals surface area contributed by atoms with E-state index in [0.717, 1.165) is 21.1 Å². The number of rotatable bonds is 5. The minimum Gasteiger partial charge on any atom is -0.484 e. The van der Waals surface area contributed by atoms with Crippen LogP contribution in [0.4, 0.5) is 0 Å². The highest BCUT2D eigenvalue weighted by molar-refractivity contribution is 7.98. The predicted octanol–water partition coefficient (Wildman–Crippen LogP) is 5.20. The molecule has 0 aromatic heterocycles. The average molecular weight is 359 g/mol. The van der Waals surface area contributed by atoms with E-state index in [1.165, 1.54) is 17.3 Å². The maximum Gasteiger partial charge on any atom is 0.267 e. The normalized spacial score (nSPS) is 10.8. The summed E-state index contributed by atoms with van der Waals surface area (Å²) in [6, 6.07) is 28.1. The quantitative estimate of drug-likeness (QED) is 0.498. The molecule has 3 nitrogen and oxygen atoms in total. The number of benzene rings is 4. The lowest BCUT2D eigenvalue weighted by molar-refractivity contribution is -0.121. The third-order valence-electron chi connectivity index (χ3n) is 4.09. The molecule has 0 atom stereocenters. The molecule has 0 unspecified atom stereocenters. The summed E-state index contributed by atoms with van der Waals surface area (Å²) in [5, 5.41) is 4.58. The molecule has 1 N–H and O–H groups in total. The summed E-state index contributed by atoms with van der Waals surface area (Å²) in [4.78, 5) is 13.0. The van der Waals surface area contributed by atoms with Crippen LogP contribution < -0.4 is 9.46 Å². The van der Waals surface area contributed by atoms with Gasteiger partial charge in [0.15, 0.2) is 6.61 Å². The first-order chi connectivity index (χ1) is 12.8. The fourth-order valence-electron chi connectivity index (χ4n) is 2.78. The molecule has 4 aromatic carbocycles. The van der Waals surface area contributed by atoms with Crippen molar-refractivity contribution >= 4 is 39.4 Å². The minimum absolute atomic E-state index is 0.0150. The zero-order chi connectivity index (χ0) is 17.8. The van der Waals surface area contributed by atoms with Gasteiger partial charge in [-0.3, -0.25) is 9.52 Å². The van der Waals surface area contributed by atoms with Gasteiger partial charge >= 0.3 is 0 Å². The molecule has 0 spiro atoms. The zero-order valence-corrected chi connectivity index (χ0v) is 14.8. The predicted molar refractivity (Wildman–Crippen MR) is 107 cm³/mol. The van der Waals surface area contributed by atoms with E-state index in [2.05, 4.69) is 29.0 Å². The van der Waals surface area contributed by atoms with E-state index in [9.17, 15) is 4.79 Å². The Morgan fingerprint density at radius 3 is 2.12 bits per heavy atom. The van der Waals surface area contributed by atoms with Crippen molar-refractivity contribution in [3.63, 3.8) is 0 Å². The molecule has 128 valence electrons. The maximum atomic E-state index is 12.1. The molecule has 0 aliphatic carbocycles. The molecule has 4 rings (SSSR count). The summed E-state index contributed by atoms with van der Waals surface area (Å²) in [5.41, 5.74) is 0. The van der Waals surface area contributed by atoms with Gasteiger partial charge in [0.25, 0.3) is 5.91 Å². The maximum absolute atomic E-state index is 12.1. The second-order valence-corrected chi connectivity index (χ2v) is 6.81. The lowest BCUT2D eigenvalue weighted by atomic mass is 10.1. The Hall–Kier alpha value is -2.98. The van der Waals surface area contributed by atoms with Crippen molar-refractivity contribution in [1.82, 2.24) is 4.72 Å². The SMILES string of the molecule is O=C(COc1ccc2ccccc2c1)NSc1ccc2ccccc2c1. The number of ether oxygens (including phenoxy) is 1. The van der Waals surface area contributed by atoms with Crippen LogP contribution in [0.5, 0.6) is 5.75 Å². The van der Waals surface area contributed by atoms with Gasteiger partial charge in [-0.05, 0) is 57.8 Å². The van der Waals surface area contributed by atoms with Gasteiger partial charge in [-0.25, -0.2) is 0 Å². The molecule has 26 heavy (non-hydrogen) atoms. The highest BCUT2D eigenvalue weighted by Gasteiger charge is 2.05. The number of nitrogens with one attached hydrogen (secondary N) is 1. The Kier molecular flexibility index (Phi) is 4.75. The number of hydrogen-bond donors (Lipinski definition) is 1. The van der Waals surface area contributed by atoms with Crippen LogP contribution in [0.2, 0.25) is 0 Å². The first kappa shape index (κ1) is 16.5. The topological polar surface area (TPSA) is 38.3 Å². The summed E-state index contributed by atoms with van der Waals surface area (Å²) >= 11 is 1.30. The van der Waals surface area contributed by atoms with Crippen LogP contribution in [0.3, 0.4) is 0 Å². The summed E-state index contributed by atoms with van der Waals surface area (Å²) in [6.07, 6.45) is 0. The standard InChI is InChI=1S/C22H17NO2S/c24-22(15-25-20-11-9-16-5-1-3-7-18(16)13-20)23-26-21-12-10-17-6-2-4-8-19(17)14-21/h1-14H,15H2,(H,23,24). The molecule has 4 aromatic rings. The van der Waals surface area contributed by atoms with Crippen LogP contribution in [0.15, 0.2) is 89.8 Å². The lowest BCUT2D eigenvalue weighted by Crippen LogP contribution is -2.23. The molecule has 0 radical (unpaired) electrons. The smallest absolute Gasteiger partial charge is 0.267 e. The van der Waals surface area contributed by atoms with Crippen LogP contribution >= 0.6 is 11.9 Å². The molecule has 0 saturated carbocycles. The van der Waals surface area contributed by atoms with Crippen molar-refractivity contribution < 1.29 is 9.53 Å². The highest BCUT2D eigenvalue weighted by atomic mass is 32.2. The number of fused-ring (bicyclic) bond motifs is 2. The number of carbonyl (C=O) groups excluding carboxylic acids is 1. The van der Waals surface area contributed by atoms with E-state index >= 15 is 0 Å².